The number of aromatic carboxylic acids is 1. The van der Waals surface area contributed by atoms with Crippen molar-refractivity contribution >= 4 is 17.6 Å². The molecule has 0 aromatic carbocycles. The van der Waals surface area contributed by atoms with Gasteiger partial charge in [-0.1, -0.05) is 11.6 Å². The van der Waals surface area contributed by atoms with Gasteiger partial charge in [0.15, 0.2) is 11.5 Å². The lowest BCUT2D eigenvalue weighted by atomic mass is 10.2. The number of carbonyl (C=O) groups is 1. The molecular formula is C10H5ClF3N3O2. The first kappa shape index (κ1) is 13.3. The Balaban J connectivity index is 2.53. The Morgan fingerprint density at radius 1 is 1.37 bits per heavy atom. The molecule has 100 valence electrons. The van der Waals surface area contributed by atoms with E-state index in [1.54, 1.807) is 0 Å². The lowest BCUT2D eigenvalue weighted by molar-refractivity contribution is -0.137. The minimum absolute atomic E-state index is 0.135. The van der Waals surface area contributed by atoms with Gasteiger partial charge in [0.2, 0.25) is 0 Å². The van der Waals surface area contributed by atoms with Crippen molar-refractivity contribution in [3.8, 4) is 5.82 Å². The monoisotopic (exact) mass is 291 g/mol. The van der Waals surface area contributed by atoms with Gasteiger partial charge in [0.05, 0.1) is 16.8 Å². The van der Waals surface area contributed by atoms with E-state index in [1.165, 1.54) is 0 Å². The zero-order valence-corrected chi connectivity index (χ0v) is 9.77. The fourth-order valence-electron chi connectivity index (χ4n) is 1.39. The van der Waals surface area contributed by atoms with Gasteiger partial charge in [-0.2, -0.15) is 13.2 Å². The van der Waals surface area contributed by atoms with Crippen LogP contribution < -0.4 is 0 Å². The first-order valence-electron chi connectivity index (χ1n) is 4.79. The van der Waals surface area contributed by atoms with Crippen LogP contribution in [0.3, 0.4) is 0 Å². The molecule has 0 radical (unpaired) electrons. The summed E-state index contributed by atoms with van der Waals surface area (Å²) in [6.07, 6.45) is -1.85. The molecule has 2 aromatic heterocycles. The number of carboxylic acid groups (broad SMARTS) is 1. The summed E-state index contributed by atoms with van der Waals surface area (Å²) in [5, 5.41) is 8.56. The molecule has 1 N–H and O–H groups in total. The van der Waals surface area contributed by atoms with Crippen LogP contribution in [0.4, 0.5) is 13.2 Å². The molecule has 0 aliphatic heterocycles. The maximum absolute atomic E-state index is 12.4. The van der Waals surface area contributed by atoms with Crippen molar-refractivity contribution in [3.63, 3.8) is 0 Å². The van der Waals surface area contributed by atoms with Gasteiger partial charge in [0.25, 0.3) is 0 Å². The molecule has 0 saturated heterocycles. The summed E-state index contributed by atoms with van der Waals surface area (Å²) >= 11 is 5.70. The molecule has 0 aliphatic rings. The van der Waals surface area contributed by atoms with Gasteiger partial charge in [-0.15, -0.1) is 0 Å². The summed E-state index contributed by atoms with van der Waals surface area (Å²) in [5.41, 5.74) is -1.27. The summed E-state index contributed by atoms with van der Waals surface area (Å²) in [4.78, 5) is 18.0. The number of hydrogen-bond acceptors (Lipinski definition) is 3. The van der Waals surface area contributed by atoms with Crippen molar-refractivity contribution < 1.29 is 23.1 Å². The fourth-order valence-corrected chi connectivity index (χ4v) is 1.64. The van der Waals surface area contributed by atoms with Crippen LogP contribution in [0.2, 0.25) is 5.02 Å². The molecule has 0 saturated carbocycles. The molecule has 19 heavy (non-hydrogen) atoms. The molecular weight excluding hydrogens is 287 g/mol. The number of halogens is 4. The highest BCUT2D eigenvalue weighted by Crippen LogP contribution is 2.32. The SMILES string of the molecule is O=C(O)c1cncn1-c1ncc(C(F)(F)F)cc1Cl. The predicted octanol–water partition coefficient (Wildman–Crippen LogP) is 2.64. The Kier molecular flexibility index (Phi) is 3.19. The van der Waals surface area contributed by atoms with E-state index >= 15 is 0 Å². The van der Waals surface area contributed by atoms with Crippen molar-refractivity contribution in [2.75, 3.05) is 0 Å². The average molecular weight is 292 g/mol. The molecule has 0 fully saturated rings. The highest BCUT2D eigenvalue weighted by Gasteiger charge is 2.32. The van der Waals surface area contributed by atoms with E-state index < -0.39 is 17.7 Å². The Morgan fingerprint density at radius 3 is 2.58 bits per heavy atom. The van der Waals surface area contributed by atoms with E-state index in [9.17, 15) is 18.0 Å². The third-order valence-corrected chi connectivity index (χ3v) is 2.51. The number of hydrogen-bond donors (Lipinski definition) is 1. The van der Waals surface area contributed by atoms with Crippen LogP contribution in [0.1, 0.15) is 16.1 Å². The zero-order chi connectivity index (χ0) is 14.2. The molecule has 0 unspecified atom stereocenters. The molecule has 0 amide bonds. The van der Waals surface area contributed by atoms with Gasteiger partial charge in [0.1, 0.15) is 6.33 Å². The van der Waals surface area contributed by atoms with Crippen LogP contribution in [-0.2, 0) is 6.18 Å². The van der Waals surface area contributed by atoms with Gasteiger partial charge in [-0.3, -0.25) is 4.57 Å². The standard InChI is InChI=1S/C10H5ClF3N3O2/c11-6-1-5(10(12,13)14)2-16-8(6)17-4-15-3-7(17)9(18)19/h1-4H,(H,18,19). The first-order valence-corrected chi connectivity index (χ1v) is 5.17. The van der Waals surface area contributed by atoms with Gasteiger partial charge in [-0.05, 0) is 6.07 Å². The Hall–Kier alpha value is -2.09. The molecule has 5 nitrogen and oxygen atoms in total. The van der Waals surface area contributed by atoms with Crippen LogP contribution in [0.25, 0.3) is 5.82 Å². The van der Waals surface area contributed by atoms with Gasteiger partial charge in [0, 0.05) is 6.20 Å². The fraction of sp³-hybridized carbons (Fsp3) is 0.100. The maximum Gasteiger partial charge on any atom is 0.417 e. The van der Waals surface area contributed by atoms with E-state index in [0.717, 1.165) is 17.1 Å². The van der Waals surface area contributed by atoms with E-state index in [0.29, 0.717) is 12.3 Å². The van der Waals surface area contributed by atoms with E-state index in [-0.39, 0.29) is 16.5 Å². The number of carboxylic acids is 1. The molecule has 2 rings (SSSR count). The lowest BCUT2D eigenvalue weighted by Gasteiger charge is -2.10. The number of alkyl halides is 3. The molecule has 0 atom stereocenters. The second-order valence-corrected chi connectivity index (χ2v) is 3.89. The minimum Gasteiger partial charge on any atom is -0.477 e. The number of pyridine rings is 1. The number of imidazole rings is 1. The Morgan fingerprint density at radius 2 is 2.05 bits per heavy atom. The number of rotatable bonds is 2. The van der Waals surface area contributed by atoms with Crippen molar-refractivity contribution in [1.82, 2.24) is 14.5 Å². The number of nitrogens with zero attached hydrogens (tertiary/aromatic N) is 3. The third kappa shape index (κ3) is 2.53. The van der Waals surface area contributed by atoms with Crippen LogP contribution in [0.15, 0.2) is 24.8 Å². The molecule has 2 heterocycles. The molecule has 0 bridgehead atoms. The maximum atomic E-state index is 12.4. The number of aromatic nitrogens is 3. The van der Waals surface area contributed by atoms with E-state index in [4.69, 9.17) is 16.7 Å². The summed E-state index contributed by atoms with van der Waals surface area (Å²) < 4.78 is 38.3. The van der Waals surface area contributed by atoms with E-state index in [2.05, 4.69) is 9.97 Å². The third-order valence-electron chi connectivity index (χ3n) is 2.23. The van der Waals surface area contributed by atoms with Crippen LogP contribution in [0, 0.1) is 0 Å². The summed E-state index contributed by atoms with van der Waals surface area (Å²) in [6.45, 7) is 0. The van der Waals surface area contributed by atoms with Crippen molar-refractivity contribution in [3.05, 3.63) is 41.1 Å². The molecule has 2 aromatic rings. The largest absolute Gasteiger partial charge is 0.477 e. The molecule has 9 heteroatoms. The molecule has 0 spiro atoms. The predicted molar refractivity (Wildman–Crippen MR) is 58.3 cm³/mol. The zero-order valence-electron chi connectivity index (χ0n) is 9.02. The first-order chi connectivity index (χ1) is 8.80. The van der Waals surface area contributed by atoms with Crippen LogP contribution >= 0.6 is 11.6 Å². The van der Waals surface area contributed by atoms with Gasteiger partial charge < -0.3 is 5.11 Å². The topological polar surface area (TPSA) is 68.0 Å². The van der Waals surface area contributed by atoms with Crippen molar-refractivity contribution in [2.45, 2.75) is 6.18 Å². The van der Waals surface area contributed by atoms with Crippen LogP contribution in [0.5, 0.6) is 0 Å². The average Bonchev–Trinajstić information content (AvgIpc) is 2.76. The minimum atomic E-state index is -4.57. The highest BCUT2D eigenvalue weighted by molar-refractivity contribution is 6.32. The lowest BCUT2D eigenvalue weighted by Crippen LogP contribution is -2.10. The van der Waals surface area contributed by atoms with E-state index in [1.807, 2.05) is 0 Å². The second-order valence-electron chi connectivity index (χ2n) is 3.48. The summed E-state index contributed by atoms with van der Waals surface area (Å²) in [5.74, 6) is -1.43. The quantitative estimate of drug-likeness (QED) is 0.923. The van der Waals surface area contributed by atoms with Gasteiger partial charge in [-0.25, -0.2) is 14.8 Å². The molecule has 0 aliphatic carbocycles. The Labute approximate surface area is 109 Å². The van der Waals surface area contributed by atoms with Crippen LogP contribution in [-0.4, -0.2) is 25.6 Å². The summed E-state index contributed by atoms with van der Waals surface area (Å²) in [7, 11) is 0. The normalized spacial score (nSPS) is 11.6. The Bertz CT molecular complexity index is 639. The van der Waals surface area contributed by atoms with Crippen molar-refractivity contribution in [1.29, 1.82) is 0 Å². The highest BCUT2D eigenvalue weighted by atomic mass is 35.5. The smallest absolute Gasteiger partial charge is 0.417 e. The van der Waals surface area contributed by atoms with Gasteiger partial charge >= 0.3 is 12.1 Å². The van der Waals surface area contributed by atoms with Crippen molar-refractivity contribution in [2.24, 2.45) is 0 Å². The second kappa shape index (κ2) is 4.54. The summed E-state index contributed by atoms with van der Waals surface area (Å²) in [6, 6.07) is 0.676.